The Morgan fingerprint density at radius 1 is 1.35 bits per heavy atom. The van der Waals surface area contributed by atoms with Crippen LogP contribution in [0.25, 0.3) is 11.3 Å². The lowest BCUT2D eigenvalue weighted by molar-refractivity contribution is 0.0864. The average Bonchev–Trinajstić information content (AvgIpc) is 3.05. The fourth-order valence-electron chi connectivity index (χ4n) is 3.03. The Morgan fingerprint density at radius 3 is 2.91 bits per heavy atom. The SMILES string of the molecule is O=C(NC1CCCCC1CO)c1cc(-c2ccccc2F)on1. The van der Waals surface area contributed by atoms with Crippen LogP contribution in [0.3, 0.4) is 0 Å². The van der Waals surface area contributed by atoms with Crippen LogP contribution in [0.15, 0.2) is 34.9 Å². The van der Waals surface area contributed by atoms with Crippen molar-refractivity contribution in [1.82, 2.24) is 10.5 Å². The number of halogens is 1. The van der Waals surface area contributed by atoms with Crippen LogP contribution in [-0.4, -0.2) is 28.8 Å². The summed E-state index contributed by atoms with van der Waals surface area (Å²) < 4.78 is 18.8. The van der Waals surface area contributed by atoms with E-state index in [9.17, 15) is 14.3 Å². The average molecular weight is 318 g/mol. The molecule has 1 amide bonds. The third kappa shape index (κ3) is 3.42. The molecule has 0 spiro atoms. The van der Waals surface area contributed by atoms with E-state index in [4.69, 9.17) is 4.52 Å². The van der Waals surface area contributed by atoms with Gasteiger partial charge in [-0.1, -0.05) is 30.1 Å². The lowest BCUT2D eigenvalue weighted by Crippen LogP contribution is -2.43. The summed E-state index contributed by atoms with van der Waals surface area (Å²) in [7, 11) is 0. The van der Waals surface area contributed by atoms with Crippen molar-refractivity contribution in [3.63, 3.8) is 0 Å². The summed E-state index contributed by atoms with van der Waals surface area (Å²) in [5, 5.41) is 16.0. The van der Waals surface area contributed by atoms with Crippen molar-refractivity contribution in [1.29, 1.82) is 0 Å². The third-order valence-corrected chi connectivity index (χ3v) is 4.34. The lowest BCUT2D eigenvalue weighted by Gasteiger charge is -2.30. The number of amides is 1. The number of hydrogen-bond donors (Lipinski definition) is 2. The zero-order chi connectivity index (χ0) is 16.2. The van der Waals surface area contributed by atoms with Crippen LogP contribution in [0.2, 0.25) is 0 Å². The first-order valence-electron chi connectivity index (χ1n) is 7.82. The summed E-state index contributed by atoms with van der Waals surface area (Å²) in [6, 6.07) is 7.54. The van der Waals surface area contributed by atoms with E-state index in [2.05, 4.69) is 10.5 Å². The van der Waals surface area contributed by atoms with E-state index < -0.39 is 5.82 Å². The minimum absolute atomic E-state index is 0.0598. The van der Waals surface area contributed by atoms with Gasteiger partial charge in [0.25, 0.3) is 5.91 Å². The molecule has 3 rings (SSSR count). The van der Waals surface area contributed by atoms with Gasteiger partial charge in [-0.15, -0.1) is 0 Å². The van der Waals surface area contributed by atoms with E-state index in [-0.39, 0.29) is 41.5 Å². The molecule has 1 aromatic carbocycles. The molecule has 2 aromatic rings. The molecule has 2 atom stereocenters. The zero-order valence-electron chi connectivity index (χ0n) is 12.7. The number of aliphatic hydroxyl groups excluding tert-OH is 1. The highest BCUT2D eigenvalue weighted by molar-refractivity contribution is 5.93. The summed E-state index contributed by atoms with van der Waals surface area (Å²) in [5.41, 5.74) is 0.385. The monoisotopic (exact) mass is 318 g/mol. The van der Waals surface area contributed by atoms with Crippen molar-refractivity contribution in [3.05, 3.63) is 41.8 Å². The molecule has 0 bridgehead atoms. The maximum atomic E-state index is 13.7. The predicted molar refractivity (Wildman–Crippen MR) is 82.2 cm³/mol. The largest absolute Gasteiger partial charge is 0.396 e. The topological polar surface area (TPSA) is 75.4 Å². The van der Waals surface area contributed by atoms with E-state index in [1.807, 2.05) is 0 Å². The first-order valence-corrected chi connectivity index (χ1v) is 7.82. The Bertz CT molecular complexity index is 686. The number of nitrogens with one attached hydrogen (secondary N) is 1. The van der Waals surface area contributed by atoms with Gasteiger partial charge >= 0.3 is 0 Å². The van der Waals surface area contributed by atoms with Crippen molar-refractivity contribution >= 4 is 5.91 Å². The second-order valence-corrected chi connectivity index (χ2v) is 5.86. The summed E-state index contributed by atoms with van der Waals surface area (Å²) in [4.78, 5) is 12.3. The molecule has 1 heterocycles. The van der Waals surface area contributed by atoms with Crippen LogP contribution >= 0.6 is 0 Å². The van der Waals surface area contributed by atoms with Gasteiger partial charge in [-0.2, -0.15) is 0 Å². The Hall–Kier alpha value is -2.21. The number of benzene rings is 1. The van der Waals surface area contributed by atoms with Crippen LogP contribution in [-0.2, 0) is 0 Å². The fraction of sp³-hybridized carbons (Fsp3) is 0.412. The van der Waals surface area contributed by atoms with Gasteiger partial charge in [0.05, 0.1) is 5.56 Å². The van der Waals surface area contributed by atoms with Crippen LogP contribution in [0.5, 0.6) is 0 Å². The van der Waals surface area contributed by atoms with Gasteiger partial charge in [0.1, 0.15) is 5.82 Å². The highest BCUT2D eigenvalue weighted by Gasteiger charge is 2.27. The van der Waals surface area contributed by atoms with Gasteiger partial charge in [-0.3, -0.25) is 4.79 Å². The molecule has 1 aliphatic carbocycles. The maximum Gasteiger partial charge on any atom is 0.273 e. The Labute approximate surface area is 133 Å². The molecule has 6 heteroatoms. The molecule has 0 radical (unpaired) electrons. The van der Waals surface area contributed by atoms with Gasteiger partial charge in [0, 0.05) is 24.6 Å². The summed E-state index contributed by atoms with van der Waals surface area (Å²) in [6.45, 7) is 0.0598. The van der Waals surface area contributed by atoms with E-state index in [1.54, 1.807) is 18.2 Å². The van der Waals surface area contributed by atoms with Crippen LogP contribution < -0.4 is 5.32 Å². The number of rotatable bonds is 4. The third-order valence-electron chi connectivity index (χ3n) is 4.34. The molecule has 1 aromatic heterocycles. The normalized spacial score (nSPS) is 21.1. The number of aromatic nitrogens is 1. The Balaban J connectivity index is 1.72. The first kappa shape index (κ1) is 15.7. The smallest absolute Gasteiger partial charge is 0.273 e. The molecule has 0 aliphatic heterocycles. The molecule has 1 aliphatic rings. The highest BCUT2D eigenvalue weighted by Crippen LogP contribution is 2.25. The number of carbonyl (C=O) groups excluding carboxylic acids is 1. The lowest BCUT2D eigenvalue weighted by atomic mass is 9.85. The van der Waals surface area contributed by atoms with Crippen molar-refractivity contribution in [2.45, 2.75) is 31.7 Å². The molecule has 1 fully saturated rings. The van der Waals surface area contributed by atoms with Crippen LogP contribution in [0, 0.1) is 11.7 Å². The quantitative estimate of drug-likeness (QED) is 0.909. The number of aliphatic hydroxyl groups is 1. The molecule has 5 nitrogen and oxygen atoms in total. The molecule has 0 saturated heterocycles. The second-order valence-electron chi connectivity index (χ2n) is 5.86. The Morgan fingerprint density at radius 2 is 2.13 bits per heavy atom. The minimum atomic E-state index is -0.428. The summed E-state index contributed by atoms with van der Waals surface area (Å²) in [5.74, 6) is -0.494. The minimum Gasteiger partial charge on any atom is -0.396 e. The number of hydrogen-bond acceptors (Lipinski definition) is 4. The molecule has 122 valence electrons. The molecule has 2 unspecified atom stereocenters. The highest BCUT2D eigenvalue weighted by atomic mass is 19.1. The second kappa shape index (κ2) is 6.91. The van der Waals surface area contributed by atoms with Crippen molar-refractivity contribution in [2.75, 3.05) is 6.61 Å². The van der Waals surface area contributed by atoms with Gasteiger partial charge in [-0.05, 0) is 25.0 Å². The van der Waals surface area contributed by atoms with Crippen LogP contribution in [0.1, 0.15) is 36.2 Å². The molecule has 23 heavy (non-hydrogen) atoms. The molecular formula is C17H19FN2O3. The van der Waals surface area contributed by atoms with Crippen molar-refractivity contribution < 1.29 is 18.8 Å². The van der Waals surface area contributed by atoms with Gasteiger partial charge < -0.3 is 14.9 Å². The number of carbonyl (C=O) groups is 1. The van der Waals surface area contributed by atoms with E-state index in [0.717, 1.165) is 25.7 Å². The van der Waals surface area contributed by atoms with E-state index in [0.29, 0.717) is 0 Å². The Kier molecular flexibility index (Phi) is 4.71. The van der Waals surface area contributed by atoms with E-state index >= 15 is 0 Å². The predicted octanol–water partition coefficient (Wildman–Crippen LogP) is 2.76. The standard InChI is InChI=1S/C17H19FN2O3/c18-13-7-3-2-6-12(13)16-9-15(20-23-16)17(22)19-14-8-4-1-5-11(14)10-21/h2-3,6-7,9,11,14,21H,1,4-5,8,10H2,(H,19,22). The van der Waals surface area contributed by atoms with Crippen molar-refractivity contribution in [2.24, 2.45) is 5.92 Å². The molecule has 2 N–H and O–H groups in total. The van der Waals surface area contributed by atoms with Crippen LogP contribution in [0.4, 0.5) is 4.39 Å². The van der Waals surface area contributed by atoms with Gasteiger partial charge in [0.15, 0.2) is 11.5 Å². The van der Waals surface area contributed by atoms with Crippen molar-refractivity contribution in [3.8, 4) is 11.3 Å². The zero-order valence-corrected chi connectivity index (χ0v) is 12.7. The molecular weight excluding hydrogens is 299 g/mol. The van der Waals surface area contributed by atoms with E-state index in [1.165, 1.54) is 12.1 Å². The first-order chi connectivity index (χ1) is 11.2. The summed E-state index contributed by atoms with van der Waals surface area (Å²) in [6.07, 6.45) is 3.84. The van der Waals surface area contributed by atoms with Gasteiger partial charge in [0.2, 0.25) is 0 Å². The summed E-state index contributed by atoms with van der Waals surface area (Å²) >= 11 is 0. The fourth-order valence-corrected chi connectivity index (χ4v) is 3.03. The number of nitrogens with zero attached hydrogens (tertiary/aromatic N) is 1. The molecule has 1 saturated carbocycles. The maximum absolute atomic E-state index is 13.7. The van der Waals surface area contributed by atoms with Gasteiger partial charge in [-0.25, -0.2) is 4.39 Å².